The summed E-state index contributed by atoms with van der Waals surface area (Å²) >= 11 is 0. The number of carbonyl (C=O) groups excluding carboxylic acids is 3. The van der Waals surface area contributed by atoms with Gasteiger partial charge in [0.1, 0.15) is 0 Å². The molecule has 1 saturated heterocycles. The van der Waals surface area contributed by atoms with Crippen molar-refractivity contribution in [3.05, 3.63) is 47.3 Å². The molecule has 160 valence electrons. The van der Waals surface area contributed by atoms with Gasteiger partial charge < -0.3 is 15.1 Å². The number of nitrogens with zero attached hydrogens (tertiary/aromatic N) is 4. The van der Waals surface area contributed by atoms with Crippen molar-refractivity contribution in [2.75, 3.05) is 26.2 Å². The van der Waals surface area contributed by atoms with E-state index in [9.17, 15) is 14.4 Å². The molecule has 0 atom stereocenters. The molecule has 0 saturated carbocycles. The molecule has 0 unspecified atom stereocenters. The molecule has 3 rings (SSSR count). The zero-order valence-corrected chi connectivity index (χ0v) is 18.0. The fourth-order valence-electron chi connectivity index (χ4n) is 3.64. The van der Waals surface area contributed by atoms with Crippen molar-refractivity contribution >= 4 is 17.7 Å². The highest BCUT2D eigenvalue weighted by Crippen LogP contribution is 2.19. The van der Waals surface area contributed by atoms with E-state index in [1.807, 2.05) is 62.7 Å². The monoisotopic (exact) mass is 411 g/mol. The topological polar surface area (TPSA) is 87.5 Å². The Morgan fingerprint density at radius 1 is 1.00 bits per heavy atom. The van der Waals surface area contributed by atoms with E-state index in [1.165, 1.54) is 4.90 Å². The minimum Gasteiger partial charge on any atom is -0.346 e. The number of aryl methyl sites for hydroxylation is 1. The van der Waals surface area contributed by atoms with Gasteiger partial charge >= 0.3 is 11.8 Å². The minimum atomic E-state index is -0.593. The first-order valence-electron chi connectivity index (χ1n) is 10.3. The largest absolute Gasteiger partial charge is 0.346 e. The smallest absolute Gasteiger partial charge is 0.312 e. The molecule has 1 aliphatic rings. The Hall–Kier alpha value is -3.16. The normalized spacial score (nSPS) is 14.2. The summed E-state index contributed by atoms with van der Waals surface area (Å²) in [4.78, 5) is 40.3. The highest BCUT2D eigenvalue weighted by atomic mass is 16.2. The van der Waals surface area contributed by atoms with Crippen LogP contribution in [0.4, 0.5) is 0 Å². The van der Waals surface area contributed by atoms with Crippen LogP contribution < -0.4 is 5.32 Å². The van der Waals surface area contributed by atoms with Crippen LogP contribution in [0.3, 0.4) is 0 Å². The Kier molecular flexibility index (Phi) is 6.54. The second kappa shape index (κ2) is 9.11. The standard InChI is InChI=1S/C22H29N5O3/c1-15(2)23-21(29)22(30)26-12-10-25(11-13-26)20(28)14-19-16(3)24-27(17(19)4)18-8-6-5-7-9-18/h5-9,15H,10-14H2,1-4H3,(H,23,29). The zero-order chi connectivity index (χ0) is 21.8. The summed E-state index contributed by atoms with van der Waals surface area (Å²) in [7, 11) is 0. The molecule has 3 amide bonds. The van der Waals surface area contributed by atoms with Crippen LogP contribution in [0.1, 0.15) is 30.8 Å². The number of amides is 3. The first-order valence-corrected chi connectivity index (χ1v) is 10.3. The lowest BCUT2D eigenvalue weighted by Crippen LogP contribution is -2.54. The summed E-state index contributed by atoms with van der Waals surface area (Å²) in [6.45, 7) is 9.07. The Labute approximate surface area is 176 Å². The molecule has 8 heteroatoms. The van der Waals surface area contributed by atoms with Gasteiger partial charge in [-0.25, -0.2) is 4.68 Å². The van der Waals surface area contributed by atoms with E-state index in [-0.39, 0.29) is 18.4 Å². The summed E-state index contributed by atoms with van der Waals surface area (Å²) in [5.41, 5.74) is 3.68. The molecule has 30 heavy (non-hydrogen) atoms. The summed E-state index contributed by atoms with van der Waals surface area (Å²) < 4.78 is 1.86. The van der Waals surface area contributed by atoms with Crippen LogP contribution in [0.5, 0.6) is 0 Å². The van der Waals surface area contributed by atoms with Gasteiger partial charge in [0.25, 0.3) is 0 Å². The van der Waals surface area contributed by atoms with E-state index in [2.05, 4.69) is 10.4 Å². The Morgan fingerprint density at radius 3 is 2.20 bits per heavy atom. The molecule has 1 aromatic carbocycles. The van der Waals surface area contributed by atoms with Gasteiger partial charge in [0, 0.05) is 43.5 Å². The van der Waals surface area contributed by atoms with Gasteiger partial charge in [-0.1, -0.05) is 18.2 Å². The number of benzene rings is 1. The lowest BCUT2D eigenvalue weighted by molar-refractivity contribution is -0.148. The number of piperazine rings is 1. The summed E-state index contributed by atoms with van der Waals surface area (Å²) in [5, 5.41) is 7.22. The second-order valence-electron chi connectivity index (χ2n) is 7.87. The van der Waals surface area contributed by atoms with Crippen molar-refractivity contribution in [3.8, 4) is 5.69 Å². The number of hydrogen-bond acceptors (Lipinski definition) is 4. The first kappa shape index (κ1) is 21.5. The lowest BCUT2D eigenvalue weighted by Gasteiger charge is -2.34. The maximum atomic E-state index is 12.9. The molecule has 1 aliphatic heterocycles. The Balaban J connectivity index is 1.61. The van der Waals surface area contributed by atoms with Crippen molar-refractivity contribution in [3.63, 3.8) is 0 Å². The fourth-order valence-corrected chi connectivity index (χ4v) is 3.64. The summed E-state index contributed by atoms with van der Waals surface area (Å²) in [5.74, 6) is -1.12. The molecule has 0 bridgehead atoms. The molecule has 0 radical (unpaired) electrons. The predicted octanol–water partition coefficient (Wildman–Crippen LogP) is 1.23. The number of nitrogens with one attached hydrogen (secondary N) is 1. The van der Waals surface area contributed by atoms with Crippen molar-refractivity contribution in [1.82, 2.24) is 24.9 Å². The van der Waals surface area contributed by atoms with Gasteiger partial charge in [-0.15, -0.1) is 0 Å². The Bertz CT molecular complexity index is 928. The van der Waals surface area contributed by atoms with Crippen molar-refractivity contribution in [2.45, 2.75) is 40.2 Å². The van der Waals surface area contributed by atoms with E-state index in [1.54, 1.807) is 4.90 Å². The predicted molar refractivity (Wildman–Crippen MR) is 113 cm³/mol. The molecular formula is C22H29N5O3. The van der Waals surface area contributed by atoms with Crippen LogP contribution in [-0.4, -0.2) is 69.5 Å². The van der Waals surface area contributed by atoms with Crippen molar-refractivity contribution in [1.29, 1.82) is 0 Å². The second-order valence-corrected chi connectivity index (χ2v) is 7.87. The third-order valence-electron chi connectivity index (χ3n) is 5.30. The molecule has 0 spiro atoms. The van der Waals surface area contributed by atoms with Gasteiger partial charge in [-0.05, 0) is 39.8 Å². The van der Waals surface area contributed by atoms with Crippen LogP contribution in [0, 0.1) is 13.8 Å². The van der Waals surface area contributed by atoms with Crippen LogP contribution >= 0.6 is 0 Å². The van der Waals surface area contributed by atoms with Crippen molar-refractivity contribution in [2.24, 2.45) is 0 Å². The minimum absolute atomic E-state index is 0.00698. The Morgan fingerprint density at radius 2 is 1.60 bits per heavy atom. The van der Waals surface area contributed by atoms with Crippen LogP contribution in [0.15, 0.2) is 30.3 Å². The quantitative estimate of drug-likeness (QED) is 0.767. The number of para-hydroxylation sites is 1. The molecule has 1 N–H and O–H groups in total. The maximum Gasteiger partial charge on any atom is 0.312 e. The average molecular weight is 412 g/mol. The third-order valence-corrected chi connectivity index (χ3v) is 5.30. The van der Waals surface area contributed by atoms with Gasteiger partial charge in [0.15, 0.2) is 0 Å². The number of rotatable bonds is 4. The maximum absolute atomic E-state index is 12.9. The first-order chi connectivity index (χ1) is 14.3. The molecule has 8 nitrogen and oxygen atoms in total. The van der Waals surface area contributed by atoms with Crippen LogP contribution in [-0.2, 0) is 20.8 Å². The van der Waals surface area contributed by atoms with E-state index < -0.39 is 11.8 Å². The number of hydrogen-bond donors (Lipinski definition) is 1. The summed E-state index contributed by atoms with van der Waals surface area (Å²) in [6.07, 6.45) is 0.270. The molecule has 2 heterocycles. The highest BCUT2D eigenvalue weighted by Gasteiger charge is 2.28. The lowest BCUT2D eigenvalue weighted by atomic mass is 10.1. The SMILES string of the molecule is Cc1nn(-c2ccccc2)c(C)c1CC(=O)N1CCN(C(=O)C(=O)NC(C)C)CC1. The molecule has 1 fully saturated rings. The molecule has 2 aromatic rings. The molecule has 0 aliphatic carbocycles. The third kappa shape index (κ3) is 4.69. The van der Waals surface area contributed by atoms with Gasteiger partial charge in [0.2, 0.25) is 5.91 Å². The highest BCUT2D eigenvalue weighted by molar-refractivity contribution is 6.35. The van der Waals surface area contributed by atoms with Crippen molar-refractivity contribution < 1.29 is 14.4 Å². The number of aromatic nitrogens is 2. The van der Waals surface area contributed by atoms with E-state index >= 15 is 0 Å². The van der Waals surface area contributed by atoms with Gasteiger partial charge in [-0.2, -0.15) is 5.10 Å². The summed E-state index contributed by atoms with van der Waals surface area (Å²) in [6, 6.07) is 9.74. The fraction of sp³-hybridized carbons (Fsp3) is 0.455. The van der Waals surface area contributed by atoms with Crippen LogP contribution in [0.2, 0.25) is 0 Å². The zero-order valence-electron chi connectivity index (χ0n) is 18.0. The number of carbonyl (C=O) groups is 3. The van der Waals surface area contributed by atoms with Gasteiger partial charge in [-0.3, -0.25) is 14.4 Å². The van der Waals surface area contributed by atoms with Gasteiger partial charge in [0.05, 0.1) is 17.8 Å². The van der Waals surface area contributed by atoms with E-state index in [4.69, 9.17) is 0 Å². The van der Waals surface area contributed by atoms with E-state index in [0.29, 0.717) is 26.2 Å². The molecule has 1 aromatic heterocycles. The average Bonchev–Trinajstić information content (AvgIpc) is 3.01. The van der Waals surface area contributed by atoms with E-state index in [0.717, 1.165) is 22.6 Å². The van der Waals surface area contributed by atoms with Crippen LogP contribution in [0.25, 0.3) is 5.69 Å². The molecular weight excluding hydrogens is 382 g/mol.